The second-order valence-electron chi connectivity index (χ2n) is 3.82. The number of carbonyl (C=O) groups is 2. The van der Waals surface area contributed by atoms with E-state index in [0.29, 0.717) is 24.7 Å². The van der Waals surface area contributed by atoms with E-state index < -0.39 is 11.9 Å². The summed E-state index contributed by atoms with van der Waals surface area (Å²) in [5.74, 6) is -1.23. The first-order valence-electron chi connectivity index (χ1n) is 5.56. The summed E-state index contributed by atoms with van der Waals surface area (Å²) in [6, 6.07) is 5.25. The molecule has 0 atom stereocenters. The Balaban J connectivity index is 2.04. The van der Waals surface area contributed by atoms with Crippen LogP contribution in [0.15, 0.2) is 18.2 Å². The number of fused-ring (bicyclic) bond motifs is 1. The Labute approximate surface area is 104 Å². The normalized spacial score (nSPS) is 13.6. The highest BCUT2D eigenvalue weighted by Crippen LogP contribution is 2.30. The average molecular weight is 251 g/mol. The first-order valence-corrected chi connectivity index (χ1v) is 5.56. The van der Waals surface area contributed by atoms with Crippen LogP contribution in [0.25, 0.3) is 0 Å². The number of carboxylic acids is 1. The number of benzene rings is 1. The number of ether oxygens (including phenoxy) is 2. The molecule has 0 fully saturated rings. The fraction of sp³-hybridized carbons (Fsp3) is 0.333. The predicted octanol–water partition coefficient (Wildman–Crippen LogP) is 0.549. The van der Waals surface area contributed by atoms with Crippen LogP contribution in [0.2, 0.25) is 0 Å². The minimum atomic E-state index is -1.50. The van der Waals surface area contributed by atoms with E-state index in [1.54, 1.807) is 18.2 Å². The van der Waals surface area contributed by atoms with Gasteiger partial charge in [0.2, 0.25) is 0 Å². The molecule has 1 aliphatic rings. The van der Waals surface area contributed by atoms with E-state index in [1.807, 2.05) is 0 Å². The molecule has 1 aromatic rings. The van der Waals surface area contributed by atoms with Crippen molar-refractivity contribution < 1.29 is 24.2 Å². The van der Waals surface area contributed by atoms with Crippen molar-refractivity contribution in [1.29, 1.82) is 0 Å². The third kappa shape index (κ3) is 2.91. The number of nitrogens with one attached hydrogen (secondary N) is 1. The molecular weight excluding hydrogens is 238 g/mol. The van der Waals surface area contributed by atoms with Crippen LogP contribution in [-0.2, 0) is 16.1 Å². The van der Waals surface area contributed by atoms with Gasteiger partial charge in [-0.3, -0.25) is 4.79 Å². The van der Waals surface area contributed by atoms with E-state index in [0.717, 1.165) is 12.0 Å². The molecule has 1 amide bonds. The van der Waals surface area contributed by atoms with Gasteiger partial charge >= 0.3 is 11.9 Å². The summed E-state index contributed by atoms with van der Waals surface area (Å²) in [5.41, 5.74) is 0.758. The minimum absolute atomic E-state index is 0.141. The molecule has 2 rings (SSSR count). The van der Waals surface area contributed by atoms with Gasteiger partial charge in [0.15, 0.2) is 11.5 Å². The standard InChI is InChI=1S/C12H13NO5/c14-11(12(15)16)13-7-8-2-3-9-10(6-8)18-5-1-4-17-9/h2-3,6H,1,4-5,7H2,(H,13,14)(H,15,16). The molecule has 1 aromatic carbocycles. The van der Waals surface area contributed by atoms with Crippen LogP contribution in [0.4, 0.5) is 0 Å². The third-order valence-electron chi connectivity index (χ3n) is 2.46. The molecule has 0 saturated carbocycles. The third-order valence-corrected chi connectivity index (χ3v) is 2.46. The summed E-state index contributed by atoms with van der Waals surface area (Å²) >= 11 is 0. The van der Waals surface area contributed by atoms with Crippen molar-refractivity contribution in [3.05, 3.63) is 23.8 Å². The Hall–Kier alpha value is -2.24. The molecule has 0 aromatic heterocycles. The Morgan fingerprint density at radius 1 is 1.22 bits per heavy atom. The zero-order valence-corrected chi connectivity index (χ0v) is 9.64. The van der Waals surface area contributed by atoms with E-state index in [9.17, 15) is 9.59 Å². The van der Waals surface area contributed by atoms with E-state index in [2.05, 4.69) is 5.32 Å². The zero-order valence-electron chi connectivity index (χ0n) is 9.64. The van der Waals surface area contributed by atoms with E-state index in [-0.39, 0.29) is 6.54 Å². The van der Waals surface area contributed by atoms with Crippen molar-refractivity contribution in [3.63, 3.8) is 0 Å². The quantitative estimate of drug-likeness (QED) is 0.750. The van der Waals surface area contributed by atoms with Crippen molar-refractivity contribution in [2.75, 3.05) is 13.2 Å². The van der Waals surface area contributed by atoms with Gasteiger partial charge in [-0.15, -0.1) is 0 Å². The largest absolute Gasteiger partial charge is 0.490 e. The second kappa shape index (κ2) is 5.39. The van der Waals surface area contributed by atoms with Crippen LogP contribution in [0.1, 0.15) is 12.0 Å². The van der Waals surface area contributed by atoms with Crippen molar-refractivity contribution in [1.82, 2.24) is 5.32 Å². The fourth-order valence-corrected chi connectivity index (χ4v) is 1.58. The number of carbonyl (C=O) groups excluding carboxylic acids is 1. The summed E-state index contributed by atoms with van der Waals surface area (Å²) < 4.78 is 11.0. The molecule has 0 spiro atoms. The molecule has 0 saturated heterocycles. The maximum Gasteiger partial charge on any atom is 0.394 e. The number of amides is 1. The minimum Gasteiger partial charge on any atom is -0.490 e. The first-order chi connectivity index (χ1) is 8.66. The van der Waals surface area contributed by atoms with Gasteiger partial charge in [0.1, 0.15) is 0 Å². The van der Waals surface area contributed by atoms with Crippen LogP contribution in [0.3, 0.4) is 0 Å². The molecule has 1 heterocycles. The Morgan fingerprint density at radius 2 is 1.94 bits per heavy atom. The van der Waals surface area contributed by atoms with Crippen LogP contribution < -0.4 is 14.8 Å². The molecule has 6 heteroatoms. The Bertz CT molecular complexity index is 472. The van der Waals surface area contributed by atoms with Crippen molar-refractivity contribution in [2.45, 2.75) is 13.0 Å². The second-order valence-corrected chi connectivity index (χ2v) is 3.82. The highest BCUT2D eigenvalue weighted by atomic mass is 16.5. The van der Waals surface area contributed by atoms with Crippen molar-refractivity contribution in [3.8, 4) is 11.5 Å². The van der Waals surface area contributed by atoms with Crippen molar-refractivity contribution >= 4 is 11.9 Å². The fourth-order valence-electron chi connectivity index (χ4n) is 1.58. The van der Waals surface area contributed by atoms with Gasteiger partial charge in [-0.25, -0.2) is 4.79 Å². The Kier molecular flexibility index (Phi) is 3.66. The maximum absolute atomic E-state index is 10.9. The molecule has 0 unspecified atom stereocenters. The van der Waals surface area contributed by atoms with Gasteiger partial charge in [-0.1, -0.05) is 6.07 Å². The number of hydrogen-bond acceptors (Lipinski definition) is 4. The first kappa shape index (κ1) is 12.2. The highest BCUT2D eigenvalue weighted by Gasteiger charge is 2.13. The molecule has 0 aliphatic carbocycles. The average Bonchev–Trinajstić information content (AvgIpc) is 2.60. The zero-order chi connectivity index (χ0) is 13.0. The number of carboxylic acid groups (broad SMARTS) is 1. The Morgan fingerprint density at radius 3 is 2.67 bits per heavy atom. The topological polar surface area (TPSA) is 84.9 Å². The highest BCUT2D eigenvalue weighted by molar-refractivity contribution is 6.31. The number of rotatable bonds is 2. The molecule has 0 radical (unpaired) electrons. The van der Waals surface area contributed by atoms with Crippen molar-refractivity contribution in [2.24, 2.45) is 0 Å². The molecule has 2 N–H and O–H groups in total. The van der Waals surface area contributed by atoms with E-state index in [1.165, 1.54) is 0 Å². The van der Waals surface area contributed by atoms with Gasteiger partial charge in [0.25, 0.3) is 0 Å². The molecule has 6 nitrogen and oxygen atoms in total. The lowest BCUT2D eigenvalue weighted by molar-refractivity contribution is -0.150. The predicted molar refractivity (Wildman–Crippen MR) is 61.5 cm³/mol. The summed E-state index contributed by atoms with van der Waals surface area (Å²) in [4.78, 5) is 21.2. The van der Waals surface area contributed by atoms with Gasteiger partial charge in [-0.2, -0.15) is 0 Å². The van der Waals surface area contributed by atoms with Gasteiger partial charge in [0, 0.05) is 13.0 Å². The summed E-state index contributed by atoms with van der Waals surface area (Å²) in [5, 5.41) is 10.7. The SMILES string of the molecule is O=C(O)C(=O)NCc1ccc2c(c1)OCCCO2. The van der Waals surface area contributed by atoms with Crippen LogP contribution in [0.5, 0.6) is 11.5 Å². The summed E-state index contributed by atoms with van der Waals surface area (Å²) in [7, 11) is 0. The van der Waals surface area contributed by atoms with Crippen LogP contribution in [0, 0.1) is 0 Å². The van der Waals surface area contributed by atoms with E-state index in [4.69, 9.17) is 14.6 Å². The molecule has 0 bridgehead atoms. The monoisotopic (exact) mass is 251 g/mol. The molecule has 96 valence electrons. The number of hydrogen-bond donors (Lipinski definition) is 2. The summed E-state index contributed by atoms with van der Waals surface area (Å²) in [6.07, 6.45) is 0.819. The lowest BCUT2D eigenvalue weighted by Gasteiger charge is -2.09. The van der Waals surface area contributed by atoms with Gasteiger partial charge in [0.05, 0.1) is 13.2 Å². The summed E-state index contributed by atoms with van der Waals surface area (Å²) in [6.45, 7) is 1.34. The lowest BCUT2D eigenvalue weighted by Crippen LogP contribution is -2.30. The van der Waals surface area contributed by atoms with E-state index >= 15 is 0 Å². The number of aliphatic carboxylic acids is 1. The van der Waals surface area contributed by atoms with Gasteiger partial charge < -0.3 is 19.9 Å². The lowest BCUT2D eigenvalue weighted by atomic mass is 10.2. The smallest absolute Gasteiger partial charge is 0.394 e. The molecule has 18 heavy (non-hydrogen) atoms. The van der Waals surface area contributed by atoms with Crippen LogP contribution in [-0.4, -0.2) is 30.2 Å². The van der Waals surface area contributed by atoms with Crippen LogP contribution >= 0.6 is 0 Å². The molecular formula is C12H13NO5. The molecule has 1 aliphatic heterocycles. The van der Waals surface area contributed by atoms with Gasteiger partial charge in [-0.05, 0) is 17.7 Å². The maximum atomic E-state index is 10.9.